The Bertz CT molecular complexity index is 692. The topological polar surface area (TPSA) is 89.7 Å². The van der Waals surface area contributed by atoms with Gasteiger partial charge in [0, 0.05) is 19.2 Å². The quantitative estimate of drug-likeness (QED) is 0.612. The first-order valence-electron chi connectivity index (χ1n) is 6.60. The fourth-order valence-electron chi connectivity index (χ4n) is 2.24. The van der Waals surface area contributed by atoms with Crippen molar-refractivity contribution < 1.29 is 30.7 Å². The maximum absolute atomic E-state index is 12.7. The molecule has 23 heavy (non-hydrogen) atoms. The van der Waals surface area contributed by atoms with E-state index in [1.54, 1.807) is 0 Å². The Morgan fingerprint density at radius 1 is 1.35 bits per heavy atom. The van der Waals surface area contributed by atoms with E-state index in [9.17, 15) is 31.7 Å². The molecule has 0 spiro atoms. The summed E-state index contributed by atoms with van der Waals surface area (Å²) in [5.41, 5.74) is -0.385. The normalized spacial score (nSPS) is 20.2. The molecule has 1 aliphatic rings. The molecule has 1 aromatic rings. The Morgan fingerprint density at radius 2 is 2.04 bits per heavy atom. The van der Waals surface area contributed by atoms with Gasteiger partial charge >= 0.3 is 16.5 Å². The van der Waals surface area contributed by atoms with Crippen LogP contribution in [0.3, 0.4) is 0 Å². The number of hydrogen-bond donors (Lipinski definition) is 0. The van der Waals surface area contributed by atoms with Crippen LogP contribution < -0.4 is 4.18 Å². The molecule has 0 bridgehead atoms. The Balaban J connectivity index is 2.15. The summed E-state index contributed by atoms with van der Waals surface area (Å²) in [4.78, 5) is 9.90. The largest absolute Gasteiger partial charge is 0.393 e. The van der Waals surface area contributed by atoms with Gasteiger partial charge in [0.15, 0.2) is 5.75 Å². The molecule has 1 saturated heterocycles. The van der Waals surface area contributed by atoms with Gasteiger partial charge in [-0.2, -0.15) is 25.9 Å². The van der Waals surface area contributed by atoms with Gasteiger partial charge in [0.1, 0.15) is 0 Å². The van der Waals surface area contributed by atoms with E-state index in [0.717, 1.165) is 12.1 Å². The van der Waals surface area contributed by atoms with Crippen molar-refractivity contribution in [2.75, 3.05) is 13.1 Å². The van der Waals surface area contributed by atoms with E-state index in [2.05, 4.69) is 0 Å². The molecular formula is C12H13F3N2O5S. The number of piperidine rings is 1. The number of nitro groups is 1. The number of non-ortho nitro benzene ring substituents is 1. The summed E-state index contributed by atoms with van der Waals surface area (Å²) in [6.45, 7) is -0.815. The van der Waals surface area contributed by atoms with Crippen molar-refractivity contribution in [2.24, 2.45) is 5.92 Å². The Morgan fingerprint density at radius 3 is 2.65 bits per heavy atom. The molecule has 1 unspecified atom stereocenters. The summed E-state index contributed by atoms with van der Waals surface area (Å²) < 4.78 is 67.7. The molecule has 1 heterocycles. The average Bonchev–Trinajstić information content (AvgIpc) is 2.46. The Labute approximate surface area is 130 Å². The van der Waals surface area contributed by atoms with Crippen molar-refractivity contribution in [3.63, 3.8) is 0 Å². The minimum Gasteiger partial charge on any atom is -0.370 e. The van der Waals surface area contributed by atoms with Crippen molar-refractivity contribution in [1.29, 1.82) is 0 Å². The highest BCUT2D eigenvalue weighted by Gasteiger charge is 2.44. The summed E-state index contributed by atoms with van der Waals surface area (Å²) in [5.74, 6) is -2.08. The maximum Gasteiger partial charge on any atom is 0.393 e. The molecule has 0 aliphatic carbocycles. The van der Waals surface area contributed by atoms with Gasteiger partial charge in [-0.3, -0.25) is 10.1 Å². The standard InChI is InChI=1S/C12H13F3N2O5S/c13-12(14,15)9-3-2-6-16(8-9)23(20,21)22-11-5-1-4-10(7-11)17(18)19/h1,4-5,7,9H,2-3,6,8H2. The molecule has 7 nitrogen and oxygen atoms in total. The highest BCUT2D eigenvalue weighted by atomic mass is 32.2. The van der Waals surface area contributed by atoms with E-state index >= 15 is 0 Å². The fourth-order valence-corrected chi connectivity index (χ4v) is 3.40. The van der Waals surface area contributed by atoms with Crippen LogP contribution in [0.15, 0.2) is 24.3 Å². The minimum absolute atomic E-state index is 0.0572. The smallest absolute Gasteiger partial charge is 0.370 e. The van der Waals surface area contributed by atoms with Crippen LogP contribution in [-0.2, 0) is 10.3 Å². The van der Waals surface area contributed by atoms with E-state index in [1.807, 2.05) is 0 Å². The lowest BCUT2D eigenvalue weighted by Crippen LogP contribution is -2.45. The molecule has 2 rings (SSSR count). The van der Waals surface area contributed by atoms with Crippen LogP contribution in [0, 0.1) is 16.0 Å². The number of nitro benzene ring substituents is 1. The van der Waals surface area contributed by atoms with Crippen LogP contribution in [0.1, 0.15) is 12.8 Å². The summed E-state index contributed by atoms with van der Waals surface area (Å²) in [6, 6.07) is 4.43. The van der Waals surface area contributed by atoms with Crippen LogP contribution >= 0.6 is 0 Å². The van der Waals surface area contributed by atoms with Crippen molar-refractivity contribution in [1.82, 2.24) is 4.31 Å². The van der Waals surface area contributed by atoms with Gasteiger partial charge in [-0.25, -0.2) is 0 Å². The summed E-state index contributed by atoms with van der Waals surface area (Å²) in [6.07, 6.45) is -4.58. The second-order valence-electron chi connectivity index (χ2n) is 5.03. The molecule has 1 fully saturated rings. The number of halogens is 3. The van der Waals surface area contributed by atoms with Gasteiger partial charge in [-0.15, -0.1) is 0 Å². The van der Waals surface area contributed by atoms with Gasteiger partial charge in [0.2, 0.25) is 0 Å². The highest BCUT2D eigenvalue weighted by Crippen LogP contribution is 2.34. The lowest BCUT2D eigenvalue weighted by Gasteiger charge is -2.32. The molecule has 0 radical (unpaired) electrons. The van der Waals surface area contributed by atoms with Gasteiger partial charge in [-0.05, 0) is 18.9 Å². The van der Waals surface area contributed by atoms with Crippen LogP contribution in [-0.4, -0.2) is 36.9 Å². The Hall–Kier alpha value is -1.88. The first-order valence-corrected chi connectivity index (χ1v) is 7.97. The third-order valence-electron chi connectivity index (χ3n) is 3.39. The van der Waals surface area contributed by atoms with Crippen molar-refractivity contribution in [3.05, 3.63) is 34.4 Å². The van der Waals surface area contributed by atoms with E-state index in [4.69, 9.17) is 4.18 Å². The number of benzene rings is 1. The zero-order chi connectivity index (χ0) is 17.3. The highest BCUT2D eigenvalue weighted by molar-refractivity contribution is 7.84. The molecule has 0 saturated carbocycles. The number of alkyl halides is 3. The van der Waals surface area contributed by atoms with Gasteiger partial charge < -0.3 is 4.18 Å². The first-order chi connectivity index (χ1) is 10.6. The third-order valence-corrected chi connectivity index (χ3v) is 4.76. The van der Waals surface area contributed by atoms with E-state index in [1.165, 1.54) is 12.1 Å². The summed E-state index contributed by atoms with van der Waals surface area (Å²) >= 11 is 0. The number of rotatable bonds is 4. The van der Waals surface area contributed by atoms with Gasteiger partial charge in [0.25, 0.3) is 5.69 Å². The molecule has 11 heteroatoms. The monoisotopic (exact) mass is 354 g/mol. The van der Waals surface area contributed by atoms with Crippen molar-refractivity contribution in [3.8, 4) is 5.75 Å². The molecular weight excluding hydrogens is 341 g/mol. The molecule has 0 amide bonds. The number of nitrogens with zero attached hydrogens (tertiary/aromatic N) is 2. The van der Waals surface area contributed by atoms with Crippen molar-refractivity contribution in [2.45, 2.75) is 19.0 Å². The fraction of sp³-hybridized carbons (Fsp3) is 0.500. The molecule has 1 aliphatic heterocycles. The van der Waals surface area contributed by atoms with E-state index in [0.29, 0.717) is 4.31 Å². The number of hydrogen-bond acceptors (Lipinski definition) is 5. The predicted molar refractivity (Wildman–Crippen MR) is 73.0 cm³/mol. The minimum atomic E-state index is -4.49. The van der Waals surface area contributed by atoms with Crippen LogP contribution in [0.4, 0.5) is 18.9 Å². The van der Waals surface area contributed by atoms with Crippen LogP contribution in [0.25, 0.3) is 0 Å². The van der Waals surface area contributed by atoms with E-state index in [-0.39, 0.29) is 30.8 Å². The molecule has 128 valence electrons. The molecule has 1 atom stereocenters. The average molecular weight is 354 g/mol. The zero-order valence-corrected chi connectivity index (χ0v) is 12.5. The SMILES string of the molecule is O=[N+]([O-])c1cccc(OS(=O)(=O)N2CCCC(C(F)(F)F)C2)c1. The van der Waals surface area contributed by atoms with Crippen LogP contribution in [0.2, 0.25) is 0 Å². The zero-order valence-electron chi connectivity index (χ0n) is 11.7. The van der Waals surface area contributed by atoms with Gasteiger partial charge in [-0.1, -0.05) is 6.07 Å². The lowest BCUT2D eigenvalue weighted by molar-refractivity contribution is -0.384. The summed E-state index contributed by atoms with van der Waals surface area (Å²) in [7, 11) is -4.46. The predicted octanol–water partition coefficient (Wildman–Crippen LogP) is 2.49. The lowest BCUT2D eigenvalue weighted by atomic mass is 9.99. The maximum atomic E-state index is 12.7. The van der Waals surface area contributed by atoms with E-state index < -0.39 is 33.9 Å². The Kier molecular flexibility index (Phi) is 4.80. The first kappa shape index (κ1) is 17.5. The van der Waals surface area contributed by atoms with Crippen LogP contribution in [0.5, 0.6) is 5.75 Å². The second-order valence-corrected chi connectivity index (χ2v) is 6.57. The molecule has 0 aromatic heterocycles. The third kappa shape index (κ3) is 4.32. The van der Waals surface area contributed by atoms with Gasteiger partial charge in [0.05, 0.1) is 16.9 Å². The summed E-state index contributed by atoms with van der Waals surface area (Å²) in [5, 5.41) is 10.6. The molecule has 0 N–H and O–H groups in total. The second kappa shape index (κ2) is 6.32. The van der Waals surface area contributed by atoms with Crippen molar-refractivity contribution >= 4 is 16.0 Å². The molecule has 1 aromatic carbocycles.